The second kappa shape index (κ2) is 3.67. The van der Waals surface area contributed by atoms with E-state index in [1.807, 2.05) is 0 Å². The fourth-order valence-electron chi connectivity index (χ4n) is 1.66. The van der Waals surface area contributed by atoms with Crippen LogP contribution in [0.3, 0.4) is 0 Å². The number of nitrogens with two attached hydrogens (primary N) is 1. The molecule has 2 N–H and O–H groups in total. The van der Waals surface area contributed by atoms with E-state index in [1.165, 1.54) is 12.8 Å². The molecule has 0 aromatic heterocycles. The van der Waals surface area contributed by atoms with Gasteiger partial charge in [0.2, 0.25) is 0 Å². The number of hydrogen-bond donors (Lipinski definition) is 1. The minimum atomic E-state index is -0.0775. The minimum Gasteiger partial charge on any atom is -0.441 e. The average Bonchev–Trinajstić information content (AvgIpc) is 3.09. The van der Waals surface area contributed by atoms with E-state index in [-0.39, 0.29) is 5.43 Å². The molecular formula is C14H11NO2. The first-order chi connectivity index (χ1) is 8.22. The molecule has 3 heteroatoms. The topological polar surface area (TPSA) is 56.2 Å². The molecule has 1 aliphatic heterocycles. The summed E-state index contributed by atoms with van der Waals surface area (Å²) in [5.74, 6) is 7.43. The molecule has 3 nitrogen and oxygen atoms in total. The van der Waals surface area contributed by atoms with E-state index in [4.69, 9.17) is 10.2 Å². The third-order valence-corrected chi connectivity index (χ3v) is 2.74. The number of benzene rings is 1. The van der Waals surface area contributed by atoms with Crippen LogP contribution in [-0.2, 0) is 0 Å². The largest absolute Gasteiger partial charge is 0.441 e. The molecule has 1 fully saturated rings. The molecule has 3 rings (SSSR count). The summed E-state index contributed by atoms with van der Waals surface area (Å²) in [6.07, 6.45) is 2.34. The van der Waals surface area contributed by atoms with Crippen molar-refractivity contribution in [1.29, 1.82) is 0 Å². The molecule has 17 heavy (non-hydrogen) atoms. The van der Waals surface area contributed by atoms with Crippen LogP contribution in [0, 0.1) is 17.8 Å². The normalized spacial score (nSPS) is 14.4. The summed E-state index contributed by atoms with van der Waals surface area (Å²) in [6.45, 7) is 0. The van der Waals surface area contributed by atoms with Gasteiger partial charge in [0.05, 0.1) is 5.56 Å². The Labute approximate surface area is 98.6 Å². The van der Waals surface area contributed by atoms with Gasteiger partial charge in [-0.25, -0.2) is 0 Å². The van der Waals surface area contributed by atoms with Crippen LogP contribution in [0.25, 0.3) is 11.3 Å². The molecular weight excluding hydrogens is 214 g/mol. The van der Waals surface area contributed by atoms with Crippen LogP contribution in [-0.4, -0.2) is 0 Å². The van der Waals surface area contributed by atoms with Gasteiger partial charge in [-0.05, 0) is 31.0 Å². The zero-order valence-corrected chi connectivity index (χ0v) is 9.19. The highest BCUT2D eigenvalue weighted by Gasteiger charge is 2.18. The predicted molar refractivity (Wildman–Crippen MR) is 65.6 cm³/mol. The van der Waals surface area contributed by atoms with Crippen molar-refractivity contribution in [2.24, 2.45) is 5.92 Å². The van der Waals surface area contributed by atoms with Crippen LogP contribution in [0.1, 0.15) is 18.4 Å². The monoisotopic (exact) mass is 225 g/mol. The number of anilines is 1. The second-order valence-electron chi connectivity index (χ2n) is 4.27. The van der Waals surface area contributed by atoms with Crippen molar-refractivity contribution < 1.29 is 4.42 Å². The Kier molecular flexibility index (Phi) is 2.15. The highest BCUT2D eigenvalue weighted by atomic mass is 16.3. The van der Waals surface area contributed by atoms with E-state index in [9.17, 15) is 4.79 Å². The zero-order chi connectivity index (χ0) is 11.8. The maximum absolute atomic E-state index is 11.8. The van der Waals surface area contributed by atoms with Crippen molar-refractivity contribution in [3.8, 4) is 23.2 Å². The number of fused-ring (bicyclic) bond motifs is 1. The van der Waals surface area contributed by atoms with Crippen molar-refractivity contribution in [3.63, 3.8) is 0 Å². The molecule has 3 aliphatic rings. The summed E-state index contributed by atoms with van der Waals surface area (Å²) in [7, 11) is 0. The van der Waals surface area contributed by atoms with Gasteiger partial charge in [-0.3, -0.25) is 4.79 Å². The molecule has 0 saturated heterocycles. The molecule has 0 radical (unpaired) electrons. The molecule has 0 amide bonds. The minimum absolute atomic E-state index is 0.0775. The molecule has 2 aliphatic carbocycles. The second-order valence-corrected chi connectivity index (χ2v) is 4.27. The van der Waals surface area contributed by atoms with Gasteiger partial charge in [0.1, 0.15) is 5.76 Å². The van der Waals surface area contributed by atoms with Crippen LogP contribution in [0.15, 0.2) is 33.5 Å². The summed E-state index contributed by atoms with van der Waals surface area (Å²) in [4.78, 5) is 11.8. The van der Waals surface area contributed by atoms with E-state index in [0.29, 0.717) is 28.7 Å². The maximum Gasteiger partial charge on any atom is 0.190 e. The quantitative estimate of drug-likeness (QED) is 0.698. The Bertz CT molecular complexity index is 656. The Morgan fingerprint density at radius 1 is 1.29 bits per heavy atom. The van der Waals surface area contributed by atoms with Gasteiger partial charge in [0, 0.05) is 17.5 Å². The molecule has 0 unspecified atom stereocenters. The van der Waals surface area contributed by atoms with Gasteiger partial charge in [0.25, 0.3) is 0 Å². The first kappa shape index (κ1) is 9.98. The Balaban J connectivity index is 2.13. The summed E-state index contributed by atoms with van der Waals surface area (Å²) in [5, 5.41) is 0. The molecule has 84 valence electrons. The van der Waals surface area contributed by atoms with Gasteiger partial charge >= 0.3 is 0 Å². The molecule has 0 aromatic carbocycles. The average molecular weight is 225 g/mol. The van der Waals surface area contributed by atoms with Crippen molar-refractivity contribution in [2.45, 2.75) is 12.8 Å². The summed E-state index contributed by atoms with van der Waals surface area (Å²) < 4.78 is 5.32. The lowest BCUT2D eigenvalue weighted by Gasteiger charge is -2.04. The Morgan fingerprint density at radius 2 is 2.12 bits per heavy atom. The smallest absolute Gasteiger partial charge is 0.190 e. The van der Waals surface area contributed by atoms with E-state index in [2.05, 4.69) is 11.8 Å². The molecule has 0 spiro atoms. The fourth-order valence-corrected chi connectivity index (χ4v) is 1.66. The lowest BCUT2D eigenvalue weighted by atomic mass is 10.1. The molecule has 0 atom stereocenters. The SMILES string of the molecule is Nc1ccc2c(=O)cc(C#CC3CC3)cc-2o1. The number of rotatable bonds is 0. The summed E-state index contributed by atoms with van der Waals surface area (Å²) in [6, 6.07) is 6.57. The van der Waals surface area contributed by atoms with Gasteiger partial charge in [-0.15, -0.1) is 0 Å². The Hall–Kier alpha value is -2.21. The molecule has 0 bridgehead atoms. The van der Waals surface area contributed by atoms with Crippen molar-refractivity contribution in [2.75, 3.05) is 5.73 Å². The van der Waals surface area contributed by atoms with Crippen molar-refractivity contribution in [3.05, 3.63) is 40.1 Å². The van der Waals surface area contributed by atoms with Crippen molar-refractivity contribution >= 4 is 5.88 Å². The number of nitrogen functional groups attached to an aromatic ring is 1. The van der Waals surface area contributed by atoms with Crippen LogP contribution in [0.2, 0.25) is 0 Å². The standard InChI is InChI=1S/C14H11NO2/c15-14-6-5-11-12(16)7-10(8-13(11)17-14)4-3-9-1-2-9/h5-9H,1-2,15H2. The molecule has 0 aromatic rings. The fraction of sp³-hybridized carbons (Fsp3) is 0.214. The summed E-state index contributed by atoms with van der Waals surface area (Å²) >= 11 is 0. The molecule has 1 heterocycles. The first-order valence-electron chi connectivity index (χ1n) is 5.57. The highest BCUT2D eigenvalue weighted by Crippen LogP contribution is 2.28. The lowest BCUT2D eigenvalue weighted by molar-refractivity contribution is 0.586. The van der Waals surface area contributed by atoms with Crippen molar-refractivity contribution in [1.82, 2.24) is 0 Å². The van der Waals surface area contributed by atoms with Gasteiger partial charge < -0.3 is 10.2 Å². The van der Waals surface area contributed by atoms with Crippen LogP contribution in [0.4, 0.5) is 5.88 Å². The third-order valence-electron chi connectivity index (χ3n) is 2.74. The zero-order valence-electron chi connectivity index (χ0n) is 9.19. The van der Waals surface area contributed by atoms with Crippen LogP contribution < -0.4 is 11.2 Å². The Morgan fingerprint density at radius 3 is 2.88 bits per heavy atom. The summed E-state index contributed by atoms with van der Waals surface area (Å²) in [5.41, 5.74) is 6.71. The first-order valence-corrected chi connectivity index (χ1v) is 5.57. The van der Waals surface area contributed by atoms with E-state index < -0.39 is 0 Å². The van der Waals surface area contributed by atoms with E-state index >= 15 is 0 Å². The highest BCUT2D eigenvalue weighted by molar-refractivity contribution is 5.63. The predicted octanol–water partition coefficient (Wildman–Crippen LogP) is 2.09. The lowest BCUT2D eigenvalue weighted by Crippen LogP contribution is -2.05. The third kappa shape index (κ3) is 2.02. The van der Waals surface area contributed by atoms with Gasteiger partial charge in [-0.2, -0.15) is 0 Å². The maximum atomic E-state index is 11.8. The van der Waals surface area contributed by atoms with Crippen LogP contribution in [0.5, 0.6) is 0 Å². The van der Waals surface area contributed by atoms with E-state index in [1.54, 1.807) is 24.3 Å². The molecule has 1 saturated carbocycles. The van der Waals surface area contributed by atoms with Crippen LogP contribution >= 0.6 is 0 Å². The van der Waals surface area contributed by atoms with Gasteiger partial charge in [-0.1, -0.05) is 11.8 Å². The van der Waals surface area contributed by atoms with Gasteiger partial charge in [0.15, 0.2) is 11.3 Å². The number of hydrogen-bond acceptors (Lipinski definition) is 3. The van der Waals surface area contributed by atoms with E-state index in [0.717, 1.165) is 0 Å².